The van der Waals surface area contributed by atoms with Gasteiger partial charge in [-0.2, -0.15) is 0 Å². The number of hydrogen-bond acceptors (Lipinski definition) is 4. The maximum Gasteiger partial charge on any atom is 0.227 e. The number of ether oxygens (including phenoxy) is 2. The standard InChI is InChI=1S/C22H25NO4/c1-15(24)16-9-10-21(27-3)18(12-16)14-22(25)23-11-5-8-20(23)17-6-4-7-19(13-17)26-2/h4,6-7,9-10,12-13,20H,5,8,11,14H2,1-3H3. The van der Waals surface area contributed by atoms with Crippen molar-refractivity contribution in [1.82, 2.24) is 4.90 Å². The number of nitrogens with zero attached hydrogens (tertiary/aromatic N) is 1. The van der Waals surface area contributed by atoms with Gasteiger partial charge in [0.15, 0.2) is 5.78 Å². The van der Waals surface area contributed by atoms with Crippen LogP contribution in [0.5, 0.6) is 11.5 Å². The minimum Gasteiger partial charge on any atom is -0.497 e. The maximum absolute atomic E-state index is 13.1. The van der Waals surface area contributed by atoms with Gasteiger partial charge >= 0.3 is 0 Å². The molecule has 5 nitrogen and oxygen atoms in total. The van der Waals surface area contributed by atoms with Crippen LogP contribution in [0.3, 0.4) is 0 Å². The third-order valence-electron chi connectivity index (χ3n) is 5.08. The van der Waals surface area contributed by atoms with Gasteiger partial charge in [0, 0.05) is 17.7 Å². The van der Waals surface area contributed by atoms with Gasteiger partial charge in [-0.25, -0.2) is 0 Å². The number of methoxy groups -OCH3 is 2. The first-order valence-corrected chi connectivity index (χ1v) is 9.14. The van der Waals surface area contributed by atoms with Crippen molar-refractivity contribution in [3.8, 4) is 11.5 Å². The van der Waals surface area contributed by atoms with Crippen LogP contribution in [-0.4, -0.2) is 37.4 Å². The summed E-state index contributed by atoms with van der Waals surface area (Å²) < 4.78 is 10.7. The number of carbonyl (C=O) groups is 2. The second kappa shape index (κ2) is 8.25. The highest BCUT2D eigenvalue weighted by molar-refractivity contribution is 5.94. The topological polar surface area (TPSA) is 55.8 Å². The number of carbonyl (C=O) groups excluding carboxylic acids is 2. The largest absolute Gasteiger partial charge is 0.497 e. The van der Waals surface area contributed by atoms with Gasteiger partial charge in [0.05, 0.1) is 26.7 Å². The molecule has 142 valence electrons. The summed E-state index contributed by atoms with van der Waals surface area (Å²) >= 11 is 0. The van der Waals surface area contributed by atoms with Crippen LogP contribution in [0.2, 0.25) is 0 Å². The zero-order chi connectivity index (χ0) is 19.4. The van der Waals surface area contributed by atoms with Gasteiger partial charge in [0.25, 0.3) is 0 Å². The van der Waals surface area contributed by atoms with Crippen LogP contribution >= 0.6 is 0 Å². The Morgan fingerprint density at radius 3 is 2.63 bits per heavy atom. The monoisotopic (exact) mass is 367 g/mol. The molecule has 0 aliphatic carbocycles. The van der Waals surface area contributed by atoms with Gasteiger partial charge in [-0.05, 0) is 55.7 Å². The molecule has 0 N–H and O–H groups in total. The molecule has 2 aromatic rings. The van der Waals surface area contributed by atoms with E-state index in [1.54, 1.807) is 32.4 Å². The quantitative estimate of drug-likeness (QED) is 0.729. The number of hydrogen-bond donors (Lipinski definition) is 0. The molecular weight excluding hydrogens is 342 g/mol. The third kappa shape index (κ3) is 4.13. The van der Waals surface area contributed by atoms with Crippen LogP contribution in [0.4, 0.5) is 0 Å². The highest BCUT2D eigenvalue weighted by atomic mass is 16.5. The lowest BCUT2D eigenvalue weighted by Crippen LogP contribution is -2.32. The van der Waals surface area contributed by atoms with Crippen LogP contribution in [0.1, 0.15) is 47.3 Å². The SMILES string of the molecule is COc1cccc(C2CCCN2C(=O)Cc2cc(C(C)=O)ccc2OC)c1. The molecule has 1 fully saturated rings. The molecule has 1 atom stereocenters. The first kappa shape index (κ1) is 19.0. The fourth-order valence-electron chi connectivity index (χ4n) is 3.66. The van der Waals surface area contributed by atoms with E-state index in [4.69, 9.17) is 9.47 Å². The summed E-state index contributed by atoms with van der Waals surface area (Å²) in [6.07, 6.45) is 2.12. The van der Waals surface area contributed by atoms with Gasteiger partial charge < -0.3 is 14.4 Å². The van der Waals surface area contributed by atoms with Crippen molar-refractivity contribution in [3.05, 3.63) is 59.2 Å². The molecule has 0 spiro atoms. The lowest BCUT2D eigenvalue weighted by Gasteiger charge is -2.26. The van der Waals surface area contributed by atoms with Gasteiger partial charge in [-0.1, -0.05) is 12.1 Å². The van der Waals surface area contributed by atoms with Crippen molar-refractivity contribution in [2.75, 3.05) is 20.8 Å². The zero-order valence-electron chi connectivity index (χ0n) is 16.0. The van der Waals surface area contributed by atoms with E-state index in [9.17, 15) is 9.59 Å². The maximum atomic E-state index is 13.1. The lowest BCUT2D eigenvalue weighted by molar-refractivity contribution is -0.131. The summed E-state index contributed by atoms with van der Waals surface area (Å²) in [5, 5.41) is 0. The number of benzene rings is 2. The molecule has 1 unspecified atom stereocenters. The van der Waals surface area contributed by atoms with Crippen LogP contribution in [0.25, 0.3) is 0 Å². The Bertz CT molecular complexity index is 846. The van der Waals surface area contributed by atoms with Gasteiger partial charge in [-0.3, -0.25) is 9.59 Å². The smallest absolute Gasteiger partial charge is 0.227 e. The van der Waals surface area contributed by atoms with Gasteiger partial charge in [0.1, 0.15) is 11.5 Å². The van der Waals surface area contributed by atoms with E-state index in [1.165, 1.54) is 6.92 Å². The minimum absolute atomic E-state index is 0.0261. The van der Waals surface area contributed by atoms with Gasteiger partial charge in [-0.15, -0.1) is 0 Å². The molecule has 5 heteroatoms. The summed E-state index contributed by atoms with van der Waals surface area (Å²) in [7, 11) is 3.22. The number of rotatable bonds is 6. The van der Waals surface area contributed by atoms with E-state index < -0.39 is 0 Å². The molecule has 2 aromatic carbocycles. The second-order valence-electron chi connectivity index (χ2n) is 6.78. The fourth-order valence-corrected chi connectivity index (χ4v) is 3.66. The molecule has 1 aliphatic heterocycles. The van der Waals surface area contributed by atoms with E-state index >= 15 is 0 Å². The molecule has 1 amide bonds. The highest BCUT2D eigenvalue weighted by Gasteiger charge is 2.30. The van der Waals surface area contributed by atoms with Crippen molar-refractivity contribution >= 4 is 11.7 Å². The van der Waals surface area contributed by atoms with Crippen molar-refractivity contribution < 1.29 is 19.1 Å². The van der Waals surface area contributed by atoms with Crippen LogP contribution in [-0.2, 0) is 11.2 Å². The predicted molar refractivity (Wildman–Crippen MR) is 103 cm³/mol. The van der Waals surface area contributed by atoms with E-state index in [-0.39, 0.29) is 24.2 Å². The summed E-state index contributed by atoms with van der Waals surface area (Å²) in [4.78, 5) is 26.7. The van der Waals surface area contributed by atoms with Crippen LogP contribution in [0.15, 0.2) is 42.5 Å². The molecule has 0 aromatic heterocycles. The summed E-state index contributed by atoms with van der Waals surface area (Å²) in [6, 6.07) is 13.2. The number of likely N-dealkylation sites (tertiary alicyclic amines) is 1. The second-order valence-corrected chi connectivity index (χ2v) is 6.78. The Hall–Kier alpha value is -2.82. The van der Waals surface area contributed by atoms with E-state index in [1.807, 2.05) is 29.2 Å². The summed E-state index contributed by atoms with van der Waals surface area (Å²) in [6.45, 7) is 2.25. The first-order valence-electron chi connectivity index (χ1n) is 9.14. The third-order valence-corrected chi connectivity index (χ3v) is 5.08. The van der Waals surface area contributed by atoms with E-state index in [0.29, 0.717) is 11.3 Å². The average molecular weight is 367 g/mol. The zero-order valence-corrected chi connectivity index (χ0v) is 16.0. The first-order chi connectivity index (χ1) is 13.0. The van der Waals surface area contributed by atoms with E-state index in [2.05, 4.69) is 0 Å². The van der Waals surface area contributed by atoms with Crippen molar-refractivity contribution in [3.63, 3.8) is 0 Å². The van der Waals surface area contributed by atoms with Gasteiger partial charge in [0.2, 0.25) is 5.91 Å². The number of amides is 1. The Kier molecular flexibility index (Phi) is 5.79. The Balaban J connectivity index is 1.83. The molecule has 0 radical (unpaired) electrons. The molecule has 1 heterocycles. The summed E-state index contributed by atoms with van der Waals surface area (Å²) in [5.41, 5.74) is 2.42. The average Bonchev–Trinajstić information content (AvgIpc) is 3.18. The Labute approximate surface area is 159 Å². The molecule has 27 heavy (non-hydrogen) atoms. The summed E-state index contributed by atoms with van der Waals surface area (Å²) in [5.74, 6) is 1.44. The lowest BCUT2D eigenvalue weighted by atomic mass is 10.0. The molecule has 1 saturated heterocycles. The number of Topliss-reactive ketones (excluding diaryl/α,β-unsaturated/α-hetero) is 1. The molecule has 0 bridgehead atoms. The predicted octanol–water partition coefficient (Wildman–Crippen LogP) is 3.81. The number of ketones is 1. The normalized spacial score (nSPS) is 16.3. The Morgan fingerprint density at radius 2 is 1.93 bits per heavy atom. The molecule has 3 rings (SSSR count). The fraction of sp³-hybridized carbons (Fsp3) is 0.364. The van der Waals surface area contributed by atoms with Crippen molar-refractivity contribution in [2.24, 2.45) is 0 Å². The van der Waals surface area contributed by atoms with Crippen molar-refractivity contribution in [1.29, 1.82) is 0 Å². The van der Waals surface area contributed by atoms with Crippen molar-refractivity contribution in [2.45, 2.75) is 32.2 Å². The Morgan fingerprint density at radius 1 is 1.11 bits per heavy atom. The molecule has 1 aliphatic rings. The minimum atomic E-state index is -0.0261. The van der Waals surface area contributed by atoms with Crippen LogP contribution < -0.4 is 9.47 Å². The molecule has 0 saturated carbocycles. The molecular formula is C22H25NO4. The highest BCUT2D eigenvalue weighted by Crippen LogP contribution is 2.34. The van der Waals surface area contributed by atoms with Crippen LogP contribution in [0, 0.1) is 0 Å². The van der Waals surface area contributed by atoms with E-state index in [0.717, 1.165) is 36.3 Å².